The van der Waals surface area contributed by atoms with Crippen molar-refractivity contribution in [2.45, 2.75) is 44.0 Å². The zero-order valence-corrected chi connectivity index (χ0v) is 22.8. The van der Waals surface area contributed by atoms with Crippen molar-refractivity contribution in [3.8, 4) is 0 Å². The maximum Gasteiger partial charge on any atom is 1.00 e. The van der Waals surface area contributed by atoms with E-state index in [1.54, 1.807) is 18.2 Å². The van der Waals surface area contributed by atoms with Crippen LogP contribution >= 0.6 is 23.2 Å². The van der Waals surface area contributed by atoms with Crippen LogP contribution in [0.4, 0.5) is 4.39 Å². The average molecular weight is 525 g/mol. The van der Waals surface area contributed by atoms with Gasteiger partial charge in [0, 0.05) is 34.6 Å². The molecule has 1 N–H and O–H groups in total. The third kappa shape index (κ3) is 6.92. The Labute approximate surface area is 225 Å². The first-order valence-corrected chi connectivity index (χ1v) is 12.4. The molecule has 174 valence electrons. The number of halogens is 3. The summed E-state index contributed by atoms with van der Waals surface area (Å²) in [5.74, 6) is -1.38. The average Bonchev–Trinajstić information content (AvgIpc) is 2.77. The van der Waals surface area contributed by atoms with Crippen LogP contribution in [0.1, 0.15) is 36.8 Å². The molecule has 0 spiro atoms. The van der Waals surface area contributed by atoms with Gasteiger partial charge in [-0.3, -0.25) is 4.79 Å². The van der Waals surface area contributed by atoms with Crippen LogP contribution in [0.25, 0.3) is 0 Å². The number of aryl methyl sites for hydroxylation is 1. The molecule has 0 aliphatic heterocycles. The summed E-state index contributed by atoms with van der Waals surface area (Å²) in [6, 6.07) is 8.65. The van der Waals surface area contributed by atoms with Crippen LogP contribution in [0, 0.1) is 29.8 Å². The number of sulfonamides is 1. The number of hydrogen-bond acceptors (Lipinski definition) is 4. The SMILES string of the molecule is Cc1cc(S(=O)(=O)N(Cc2c(Cl)cccc2Cl)CC2CCC(C(=O)N[O-])CC2)ccc1F.[Na+]. The van der Waals surface area contributed by atoms with Gasteiger partial charge in [0.15, 0.2) is 0 Å². The van der Waals surface area contributed by atoms with Crippen molar-refractivity contribution < 1.29 is 47.2 Å². The Morgan fingerprint density at radius 2 is 1.76 bits per heavy atom. The molecule has 1 amide bonds. The first-order valence-electron chi connectivity index (χ1n) is 10.2. The maximum absolute atomic E-state index is 13.7. The van der Waals surface area contributed by atoms with Gasteiger partial charge in [0.2, 0.25) is 15.9 Å². The van der Waals surface area contributed by atoms with Crippen LogP contribution < -0.4 is 35.0 Å². The minimum Gasteiger partial charge on any atom is -0.759 e. The molecule has 2 aromatic carbocycles. The van der Waals surface area contributed by atoms with E-state index in [4.69, 9.17) is 23.2 Å². The molecule has 0 heterocycles. The van der Waals surface area contributed by atoms with Crippen LogP contribution in [0.3, 0.4) is 0 Å². The predicted octanol–water partition coefficient (Wildman–Crippen LogP) is 2.06. The van der Waals surface area contributed by atoms with Crippen LogP contribution in [0.15, 0.2) is 41.3 Å². The van der Waals surface area contributed by atoms with E-state index in [-0.39, 0.29) is 64.9 Å². The van der Waals surface area contributed by atoms with Gasteiger partial charge in [-0.2, -0.15) is 4.31 Å². The van der Waals surface area contributed by atoms with Crippen molar-refractivity contribution >= 4 is 39.1 Å². The largest absolute Gasteiger partial charge is 1.00 e. The van der Waals surface area contributed by atoms with Gasteiger partial charge in [0.1, 0.15) is 5.82 Å². The molecule has 0 saturated heterocycles. The molecule has 33 heavy (non-hydrogen) atoms. The molecule has 2 aromatic rings. The number of hydroxylamine groups is 1. The third-order valence-corrected chi connectivity index (χ3v) is 8.46. The Morgan fingerprint density at radius 3 is 2.30 bits per heavy atom. The minimum absolute atomic E-state index is 0. The van der Waals surface area contributed by atoms with Crippen LogP contribution in [0.5, 0.6) is 0 Å². The van der Waals surface area contributed by atoms with E-state index in [9.17, 15) is 22.8 Å². The number of amides is 1. The first-order chi connectivity index (χ1) is 15.1. The van der Waals surface area contributed by atoms with Gasteiger partial charge in [0.05, 0.1) is 4.90 Å². The van der Waals surface area contributed by atoms with Crippen molar-refractivity contribution in [2.24, 2.45) is 11.8 Å². The second kappa shape index (κ2) is 12.3. The standard InChI is InChI=1S/C22H24Cl2FN2O4S.Na/c1-14-11-17(9-10-21(14)25)32(30,31)27(13-18-19(23)3-2-4-20(18)24)12-15-5-7-16(8-6-15)22(28)26-29;/h2-4,9-11,15-16H,5-8,12-13H2,1H3,(H-,26,28,29);/q-1;+1. The fraction of sp³-hybridized carbons (Fsp3) is 0.409. The Morgan fingerprint density at radius 1 is 1.15 bits per heavy atom. The van der Waals surface area contributed by atoms with Crippen molar-refractivity contribution in [3.63, 3.8) is 0 Å². The van der Waals surface area contributed by atoms with Gasteiger partial charge in [-0.15, -0.1) is 0 Å². The summed E-state index contributed by atoms with van der Waals surface area (Å²) in [4.78, 5) is 11.6. The molecule has 0 radical (unpaired) electrons. The van der Waals surface area contributed by atoms with Crippen LogP contribution in [-0.4, -0.2) is 25.2 Å². The van der Waals surface area contributed by atoms with E-state index in [1.165, 1.54) is 28.8 Å². The normalized spacial score (nSPS) is 18.6. The van der Waals surface area contributed by atoms with E-state index in [2.05, 4.69) is 0 Å². The van der Waals surface area contributed by atoms with Crippen molar-refractivity contribution in [1.82, 2.24) is 9.79 Å². The molecule has 0 aromatic heterocycles. The Bertz CT molecular complexity index is 1080. The number of carbonyl (C=O) groups excluding carboxylic acids is 1. The van der Waals surface area contributed by atoms with Crippen molar-refractivity contribution in [1.29, 1.82) is 0 Å². The monoisotopic (exact) mass is 524 g/mol. The van der Waals surface area contributed by atoms with Gasteiger partial charge in [-0.25, -0.2) is 12.8 Å². The van der Waals surface area contributed by atoms with Gasteiger partial charge in [-0.1, -0.05) is 29.3 Å². The van der Waals surface area contributed by atoms with Gasteiger partial charge in [-0.05, 0) is 74.4 Å². The fourth-order valence-electron chi connectivity index (χ4n) is 4.01. The fourth-order valence-corrected chi connectivity index (χ4v) is 6.10. The smallest absolute Gasteiger partial charge is 0.759 e. The van der Waals surface area contributed by atoms with E-state index in [1.807, 2.05) is 0 Å². The van der Waals surface area contributed by atoms with E-state index >= 15 is 0 Å². The van der Waals surface area contributed by atoms with Gasteiger partial charge >= 0.3 is 29.6 Å². The number of carbonyl (C=O) groups is 1. The summed E-state index contributed by atoms with van der Waals surface area (Å²) in [5.41, 5.74) is 2.15. The summed E-state index contributed by atoms with van der Waals surface area (Å²) in [6.07, 6.45) is 2.22. The number of benzene rings is 2. The van der Waals surface area contributed by atoms with Crippen molar-refractivity contribution in [2.75, 3.05) is 6.54 Å². The summed E-state index contributed by atoms with van der Waals surface area (Å²) in [7, 11) is -3.99. The second-order valence-corrected chi connectivity index (χ2v) is 10.8. The van der Waals surface area contributed by atoms with Crippen LogP contribution in [0.2, 0.25) is 10.0 Å². The molecular weight excluding hydrogens is 501 g/mol. The summed E-state index contributed by atoms with van der Waals surface area (Å²) in [6.45, 7) is 1.65. The topological polar surface area (TPSA) is 89.5 Å². The molecule has 0 bridgehead atoms. The maximum atomic E-state index is 13.7. The molecule has 0 unspecified atom stereocenters. The van der Waals surface area contributed by atoms with Gasteiger partial charge in [0.25, 0.3) is 0 Å². The summed E-state index contributed by atoms with van der Waals surface area (Å²) >= 11 is 12.6. The third-order valence-electron chi connectivity index (χ3n) is 5.94. The molecule has 1 aliphatic rings. The molecule has 6 nitrogen and oxygen atoms in total. The Kier molecular flexibility index (Phi) is 10.6. The molecule has 1 fully saturated rings. The molecular formula is C22H24Cl2FN2NaO4S. The van der Waals surface area contributed by atoms with Crippen molar-refractivity contribution in [3.05, 3.63) is 68.6 Å². The van der Waals surface area contributed by atoms with E-state index < -0.39 is 21.7 Å². The predicted molar refractivity (Wildman–Crippen MR) is 122 cm³/mol. The number of rotatable bonds is 7. The summed E-state index contributed by atoms with van der Waals surface area (Å²) < 4.78 is 42.1. The zero-order chi connectivity index (χ0) is 23.5. The second-order valence-electron chi connectivity index (χ2n) is 8.09. The van der Waals surface area contributed by atoms with Gasteiger partial charge < -0.3 is 10.7 Å². The molecule has 11 heteroatoms. The van der Waals surface area contributed by atoms with Crippen LogP contribution in [-0.2, 0) is 21.4 Å². The number of nitrogens with zero attached hydrogens (tertiary/aromatic N) is 1. The quantitative estimate of drug-likeness (QED) is 0.443. The van der Waals surface area contributed by atoms with E-state index in [0.717, 1.165) is 6.07 Å². The Balaban J connectivity index is 0.00000385. The minimum atomic E-state index is -3.99. The Hall–Kier alpha value is -0.710. The molecule has 3 rings (SSSR count). The first kappa shape index (κ1) is 28.5. The molecule has 1 saturated carbocycles. The number of nitrogens with one attached hydrogen (secondary N) is 1. The molecule has 0 atom stereocenters. The number of hydrogen-bond donors (Lipinski definition) is 1. The summed E-state index contributed by atoms with van der Waals surface area (Å²) in [5, 5.41) is 11.4. The van der Waals surface area contributed by atoms with E-state index in [0.29, 0.717) is 41.3 Å². The zero-order valence-electron chi connectivity index (χ0n) is 18.5. The molecule has 1 aliphatic carbocycles.